The van der Waals surface area contributed by atoms with Crippen LogP contribution in [0.1, 0.15) is 63.0 Å². The molecule has 2 nitrogen and oxygen atoms in total. The second kappa shape index (κ2) is 9.60. The molecule has 0 bridgehead atoms. The second-order valence-electron chi connectivity index (χ2n) is 5.26. The summed E-state index contributed by atoms with van der Waals surface area (Å²) in [5.74, 6) is -0.764. The molecule has 1 aromatic rings. The highest BCUT2D eigenvalue weighted by atomic mass is 16.4. The van der Waals surface area contributed by atoms with Gasteiger partial charge in [-0.25, -0.2) is 0 Å². The first-order valence-corrected chi connectivity index (χ1v) is 7.52. The fraction of sp³-hybridized carbons (Fsp3) is 0.588. The molecule has 1 aromatic carbocycles. The maximum atomic E-state index is 10.6. The lowest BCUT2D eigenvalue weighted by atomic mass is 10.0. The maximum absolute atomic E-state index is 10.6. The lowest BCUT2D eigenvalue weighted by Gasteiger charge is -2.03. The van der Waals surface area contributed by atoms with Crippen LogP contribution < -0.4 is 0 Å². The van der Waals surface area contributed by atoms with E-state index in [2.05, 4.69) is 19.1 Å². The maximum Gasteiger partial charge on any atom is 0.307 e. The number of aliphatic carboxylic acids is 1. The number of rotatable bonds is 10. The summed E-state index contributed by atoms with van der Waals surface area (Å²) in [4.78, 5) is 10.6. The van der Waals surface area contributed by atoms with Gasteiger partial charge in [-0.1, -0.05) is 69.7 Å². The van der Waals surface area contributed by atoms with Crippen molar-refractivity contribution in [3.63, 3.8) is 0 Å². The largest absolute Gasteiger partial charge is 0.481 e. The van der Waals surface area contributed by atoms with E-state index in [1.54, 1.807) is 0 Å². The summed E-state index contributed by atoms with van der Waals surface area (Å²) in [6.07, 6.45) is 10.5. The van der Waals surface area contributed by atoms with Crippen molar-refractivity contribution in [3.05, 3.63) is 35.4 Å². The summed E-state index contributed by atoms with van der Waals surface area (Å²) in [6.45, 7) is 2.24. The highest BCUT2D eigenvalue weighted by molar-refractivity contribution is 5.70. The molecule has 1 N–H and O–H groups in total. The van der Waals surface area contributed by atoms with Gasteiger partial charge in [-0.2, -0.15) is 0 Å². The van der Waals surface area contributed by atoms with Crippen LogP contribution in [0.25, 0.3) is 0 Å². The fourth-order valence-corrected chi connectivity index (χ4v) is 2.28. The van der Waals surface area contributed by atoms with Gasteiger partial charge >= 0.3 is 5.97 Å². The van der Waals surface area contributed by atoms with Crippen molar-refractivity contribution < 1.29 is 9.90 Å². The molecule has 0 aliphatic rings. The Morgan fingerprint density at radius 3 is 2.00 bits per heavy atom. The topological polar surface area (TPSA) is 37.3 Å². The molecular weight excluding hydrogens is 236 g/mol. The Labute approximate surface area is 116 Å². The van der Waals surface area contributed by atoms with E-state index in [0.717, 1.165) is 12.0 Å². The summed E-state index contributed by atoms with van der Waals surface area (Å²) in [6, 6.07) is 8.00. The van der Waals surface area contributed by atoms with Crippen molar-refractivity contribution in [3.8, 4) is 0 Å². The van der Waals surface area contributed by atoms with Crippen LogP contribution in [0, 0.1) is 0 Å². The predicted molar refractivity (Wildman–Crippen MR) is 79.5 cm³/mol. The molecule has 0 amide bonds. The lowest BCUT2D eigenvalue weighted by molar-refractivity contribution is -0.136. The zero-order valence-corrected chi connectivity index (χ0v) is 12.0. The van der Waals surface area contributed by atoms with Crippen LogP contribution in [0.5, 0.6) is 0 Å². The molecule has 0 aliphatic heterocycles. The van der Waals surface area contributed by atoms with Gasteiger partial charge < -0.3 is 5.11 Å². The first-order chi connectivity index (χ1) is 9.22. The minimum Gasteiger partial charge on any atom is -0.481 e. The van der Waals surface area contributed by atoms with Crippen molar-refractivity contribution in [2.24, 2.45) is 0 Å². The Balaban J connectivity index is 2.14. The Hall–Kier alpha value is -1.31. The third-order valence-electron chi connectivity index (χ3n) is 3.45. The lowest BCUT2D eigenvalue weighted by Crippen LogP contribution is -1.99. The average Bonchev–Trinajstić information content (AvgIpc) is 2.39. The van der Waals surface area contributed by atoms with Gasteiger partial charge in [0.05, 0.1) is 6.42 Å². The van der Waals surface area contributed by atoms with Crippen LogP contribution in [0.3, 0.4) is 0 Å². The summed E-state index contributed by atoms with van der Waals surface area (Å²) in [5.41, 5.74) is 2.21. The summed E-state index contributed by atoms with van der Waals surface area (Å²) >= 11 is 0. The zero-order valence-electron chi connectivity index (χ0n) is 12.0. The molecule has 0 unspecified atom stereocenters. The van der Waals surface area contributed by atoms with E-state index in [1.807, 2.05) is 12.1 Å². The molecule has 0 aromatic heterocycles. The normalized spacial score (nSPS) is 10.6. The standard InChI is InChI=1S/C17H26O2/c1-2-3-4-5-6-7-8-9-15-10-12-16(13-11-15)14-17(18)19/h10-13H,2-9,14H2,1H3,(H,18,19). The molecule has 2 heteroatoms. The van der Waals surface area contributed by atoms with Crippen LogP contribution in [0.4, 0.5) is 0 Å². The molecule has 19 heavy (non-hydrogen) atoms. The van der Waals surface area contributed by atoms with Crippen LogP contribution in [-0.4, -0.2) is 11.1 Å². The number of carboxylic acids is 1. The van der Waals surface area contributed by atoms with Crippen molar-refractivity contribution in [1.82, 2.24) is 0 Å². The van der Waals surface area contributed by atoms with Gasteiger partial charge in [-0.15, -0.1) is 0 Å². The number of hydrogen-bond acceptors (Lipinski definition) is 1. The smallest absolute Gasteiger partial charge is 0.307 e. The van der Waals surface area contributed by atoms with Crippen molar-refractivity contribution >= 4 is 5.97 Å². The van der Waals surface area contributed by atoms with Crippen molar-refractivity contribution in [2.45, 2.75) is 64.7 Å². The van der Waals surface area contributed by atoms with Gasteiger partial charge in [0.2, 0.25) is 0 Å². The molecule has 0 radical (unpaired) electrons. The van der Waals surface area contributed by atoms with E-state index >= 15 is 0 Å². The molecule has 0 heterocycles. The summed E-state index contributed by atoms with van der Waals surface area (Å²) in [7, 11) is 0. The van der Waals surface area contributed by atoms with E-state index in [-0.39, 0.29) is 6.42 Å². The number of carbonyl (C=O) groups is 1. The number of aryl methyl sites for hydroxylation is 1. The molecule has 0 saturated carbocycles. The van der Waals surface area contributed by atoms with Crippen LogP contribution in [0.15, 0.2) is 24.3 Å². The van der Waals surface area contributed by atoms with E-state index < -0.39 is 5.97 Å². The highest BCUT2D eigenvalue weighted by Crippen LogP contribution is 2.12. The molecule has 0 spiro atoms. The Bertz CT molecular complexity index is 354. The Kier molecular flexibility index (Phi) is 7.95. The summed E-state index contributed by atoms with van der Waals surface area (Å²) in [5, 5.41) is 8.70. The number of benzene rings is 1. The third kappa shape index (κ3) is 7.66. The van der Waals surface area contributed by atoms with Crippen molar-refractivity contribution in [1.29, 1.82) is 0 Å². The molecule has 0 atom stereocenters. The zero-order chi connectivity index (χ0) is 13.9. The van der Waals surface area contributed by atoms with Gasteiger partial charge in [-0.3, -0.25) is 4.79 Å². The third-order valence-corrected chi connectivity index (χ3v) is 3.45. The summed E-state index contributed by atoms with van der Waals surface area (Å²) < 4.78 is 0. The number of hydrogen-bond donors (Lipinski definition) is 1. The minimum absolute atomic E-state index is 0.123. The number of unbranched alkanes of at least 4 members (excludes halogenated alkanes) is 6. The van der Waals surface area contributed by atoms with E-state index in [1.165, 1.54) is 50.5 Å². The van der Waals surface area contributed by atoms with Gasteiger partial charge in [0, 0.05) is 0 Å². The predicted octanol–water partition coefficient (Wildman–Crippen LogP) is 4.61. The van der Waals surface area contributed by atoms with Crippen LogP contribution in [-0.2, 0) is 17.6 Å². The number of carboxylic acid groups (broad SMARTS) is 1. The van der Waals surface area contributed by atoms with Crippen LogP contribution in [0.2, 0.25) is 0 Å². The molecular formula is C17H26O2. The fourth-order valence-electron chi connectivity index (χ4n) is 2.28. The SMILES string of the molecule is CCCCCCCCCc1ccc(CC(=O)O)cc1. The molecule has 0 fully saturated rings. The highest BCUT2D eigenvalue weighted by Gasteiger charge is 2.00. The molecule has 106 valence electrons. The molecule has 1 rings (SSSR count). The Morgan fingerprint density at radius 1 is 0.895 bits per heavy atom. The second-order valence-corrected chi connectivity index (χ2v) is 5.26. The monoisotopic (exact) mass is 262 g/mol. The van der Waals surface area contributed by atoms with Crippen LogP contribution >= 0.6 is 0 Å². The van der Waals surface area contributed by atoms with Crippen molar-refractivity contribution in [2.75, 3.05) is 0 Å². The van der Waals surface area contributed by atoms with Gasteiger partial charge in [-0.05, 0) is 24.0 Å². The molecule has 0 aliphatic carbocycles. The van der Waals surface area contributed by atoms with E-state index in [9.17, 15) is 4.79 Å². The van der Waals surface area contributed by atoms with Gasteiger partial charge in [0.1, 0.15) is 0 Å². The average molecular weight is 262 g/mol. The minimum atomic E-state index is -0.764. The first kappa shape index (κ1) is 15.7. The molecule has 0 saturated heterocycles. The van der Waals surface area contributed by atoms with E-state index in [0.29, 0.717) is 0 Å². The Morgan fingerprint density at radius 2 is 1.42 bits per heavy atom. The van der Waals surface area contributed by atoms with Gasteiger partial charge in [0.25, 0.3) is 0 Å². The quantitative estimate of drug-likeness (QED) is 0.625. The van der Waals surface area contributed by atoms with Gasteiger partial charge in [0.15, 0.2) is 0 Å². The first-order valence-electron chi connectivity index (χ1n) is 7.52. The van der Waals surface area contributed by atoms with E-state index in [4.69, 9.17) is 5.11 Å².